The number of hydrogen-bond donors (Lipinski definition) is 1. The molecule has 4 saturated carbocycles. The van der Waals surface area contributed by atoms with Crippen molar-refractivity contribution in [3.8, 4) is 0 Å². The van der Waals surface area contributed by atoms with E-state index in [1.165, 1.54) is 63.4 Å². The van der Waals surface area contributed by atoms with Crippen LogP contribution in [0, 0.1) is 52.8 Å². The highest BCUT2D eigenvalue weighted by Gasteiger charge is 2.57. The molecule has 9 atom stereocenters. The fourth-order valence-corrected chi connectivity index (χ4v) is 8.71. The summed E-state index contributed by atoms with van der Waals surface area (Å²) in [5.41, 5.74) is 2.05. The lowest BCUT2D eigenvalue weighted by atomic mass is 9.49. The molecule has 0 aromatic rings. The maximum Gasteiger partial charge on any atom is 0.0543 e. The maximum absolute atomic E-state index is 10.1. The Morgan fingerprint density at radius 1 is 0.964 bits per heavy atom. The van der Waals surface area contributed by atoms with Gasteiger partial charge in [-0.15, -0.1) is 0 Å². The van der Waals surface area contributed by atoms with Crippen LogP contribution in [0.5, 0.6) is 0 Å². The zero-order valence-corrected chi connectivity index (χ0v) is 19.1. The Balaban J connectivity index is 1.43. The van der Waals surface area contributed by atoms with Gasteiger partial charge in [0.05, 0.1) is 6.10 Å². The molecule has 0 bridgehead atoms. The topological polar surface area (TPSA) is 20.2 Å². The summed E-state index contributed by atoms with van der Waals surface area (Å²) in [5, 5.41) is 10.1. The first-order valence-electron chi connectivity index (χ1n) is 12.7. The van der Waals surface area contributed by atoms with Crippen molar-refractivity contribution in [1.29, 1.82) is 0 Å². The molecule has 160 valence electrons. The van der Waals surface area contributed by atoms with E-state index in [1.807, 2.05) is 0 Å². The molecule has 0 aliphatic heterocycles. The molecule has 1 N–H and O–H groups in total. The molecule has 4 aliphatic carbocycles. The fourth-order valence-electron chi connectivity index (χ4n) is 8.71. The van der Waals surface area contributed by atoms with Crippen LogP contribution in [0.2, 0.25) is 0 Å². The molecular weight excluding hydrogens is 340 g/mol. The smallest absolute Gasteiger partial charge is 0.0543 e. The molecule has 0 saturated heterocycles. The quantitative estimate of drug-likeness (QED) is 0.493. The molecule has 0 radical (unpaired) electrons. The van der Waals surface area contributed by atoms with E-state index < -0.39 is 0 Å². The van der Waals surface area contributed by atoms with Crippen LogP contribution in [0.4, 0.5) is 0 Å². The van der Waals surface area contributed by atoms with E-state index >= 15 is 0 Å². The van der Waals surface area contributed by atoms with Crippen LogP contribution < -0.4 is 0 Å². The van der Waals surface area contributed by atoms with Crippen LogP contribution in [0.15, 0.2) is 12.2 Å². The Morgan fingerprint density at radius 3 is 2.46 bits per heavy atom. The molecule has 28 heavy (non-hydrogen) atoms. The molecular formula is C27H46O. The summed E-state index contributed by atoms with van der Waals surface area (Å²) in [6.07, 6.45) is 14.9. The molecule has 4 aliphatic rings. The lowest BCUT2D eigenvalue weighted by molar-refractivity contribution is -0.0820. The summed E-state index contributed by atoms with van der Waals surface area (Å²) in [6.45, 7) is 14.2. The molecule has 1 nitrogen and oxygen atoms in total. The van der Waals surface area contributed by atoms with Crippen molar-refractivity contribution in [2.45, 2.75) is 104 Å². The second-order valence-electron chi connectivity index (χ2n) is 12.0. The second kappa shape index (κ2) is 8.09. The average molecular weight is 387 g/mol. The Labute approximate surface area is 174 Å². The van der Waals surface area contributed by atoms with E-state index in [0.29, 0.717) is 11.3 Å². The third kappa shape index (κ3) is 3.63. The van der Waals surface area contributed by atoms with Crippen molar-refractivity contribution < 1.29 is 5.11 Å². The fraction of sp³-hybridized carbons (Fsp3) is 0.926. The lowest BCUT2D eigenvalue weighted by Crippen LogP contribution is -2.49. The molecule has 0 unspecified atom stereocenters. The molecule has 0 spiro atoms. The van der Waals surface area contributed by atoms with Crippen LogP contribution in [-0.4, -0.2) is 11.2 Å². The van der Waals surface area contributed by atoms with Gasteiger partial charge in [0.2, 0.25) is 0 Å². The van der Waals surface area contributed by atoms with E-state index in [4.69, 9.17) is 0 Å². The van der Waals surface area contributed by atoms with E-state index in [2.05, 4.69) is 34.3 Å². The van der Waals surface area contributed by atoms with Gasteiger partial charge in [-0.25, -0.2) is 0 Å². The number of aliphatic hydroxyl groups excluding tert-OH is 1. The summed E-state index contributed by atoms with van der Waals surface area (Å²) in [5.74, 6) is 7.17. The van der Waals surface area contributed by atoms with Gasteiger partial charge in [-0.3, -0.25) is 0 Å². The van der Waals surface area contributed by atoms with Crippen molar-refractivity contribution in [2.24, 2.45) is 52.8 Å². The third-order valence-electron chi connectivity index (χ3n) is 10.4. The molecule has 4 rings (SSSR count). The van der Waals surface area contributed by atoms with Gasteiger partial charge < -0.3 is 5.11 Å². The molecule has 1 heteroatoms. The van der Waals surface area contributed by atoms with Gasteiger partial charge in [0.1, 0.15) is 0 Å². The Bertz CT molecular complexity index is 565. The number of hydrogen-bond acceptors (Lipinski definition) is 1. The Morgan fingerprint density at radius 2 is 1.71 bits per heavy atom. The SMILES string of the molecule is C=C(CC[C@@H](C)[C@H]1CC[C@@H]2[C@H]3CC[C@H]4C[C@H](O)CC[C@@H]4[C@@H]3CC[C@@]21C)C(C)C. The van der Waals surface area contributed by atoms with Crippen LogP contribution in [0.3, 0.4) is 0 Å². The Hall–Kier alpha value is -0.300. The minimum absolute atomic E-state index is 0.00366. The highest BCUT2D eigenvalue weighted by atomic mass is 16.3. The highest BCUT2D eigenvalue weighted by Crippen LogP contribution is 2.65. The summed E-state index contributed by atoms with van der Waals surface area (Å²) >= 11 is 0. The molecule has 0 aromatic heterocycles. The minimum atomic E-state index is 0.00366. The van der Waals surface area contributed by atoms with Gasteiger partial charge in [-0.2, -0.15) is 0 Å². The van der Waals surface area contributed by atoms with Crippen molar-refractivity contribution in [2.75, 3.05) is 0 Å². The largest absolute Gasteiger partial charge is 0.393 e. The minimum Gasteiger partial charge on any atom is -0.393 e. The van der Waals surface area contributed by atoms with Gasteiger partial charge in [-0.05, 0) is 123 Å². The van der Waals surface area contributed by atoms with Crippen molar-refractivity contribution in [3.05, 3.63) is 12.2 Å². The Kier molecular flexibility index (Phi) is 6.05. The second-order valence-corrected chi connectivity index (χ2v) is 12.0. The van der Waals surface area contributed by atoms with Gasteiger partial charge in [0.25, 0.3) is 0 Å². The summed E-state index contributed by atoms with van der Waals surface area (Å²) in [4.78, 5) is 0. The van der Waals surface area contributed by atoms with E-state index in [9.17, 15) is 5.11 Å². The van der Waals surface area contributed by atoms with Crippen LogP contribution in [0.25, 0.3) is 0 Å². The molecule has 4 fully saturated rings. The molecule has 0 heterocycles. The summed E-state index contributed by atoms with van der Waals surface area (Å²) in [6, 6.07) is 0. The molecule has 0 aromatic carbocycles. The third-order valence-corrected chi connectivity index (χ3v) is 10.4. The summed E-state index contributed by atoms with van der Waals surface area (Å²) < 4.78 is 0. The van der Waals surface area contributed by atoms with E-state index in [-0.39, 0.29) is 6.10 Å². The number of rotatable bonds is 5. The first-order valence-corrected chi connectivity index (χ1v) is 12.7. The van der Waals surface area contributed by atoms with Crippen molar-refractivity contribution in [3.63, 3.8) is 0 Å². The van der Waals surface area contributed by atoms with Crippen molar-refractivity contribution in [1.82, 2.24) is 0 Å². The first kappa shape index (κ1) is 21.0. The predicted molar refractivity (Wildman–Crippen MR) is 119 cm³/mol. The van der Waals surface area contributed by atoms with Gasteiger partial charge >= 0.3 is 0 Å². The summed E-state index contributed by atoms with van der Waals surface area (Å²) in [7, 11) is 0. The van der Waals surface area contributed by atoms with Crippen LogP contribution in [0.1, 0.15) is 98.3 Å². The maximum atomic E-state index is 10.1. The van der Waals surface area contributed by atoms with Crippen LogP contribution >= 0.6 is 0 Å². The monoisotopic (exact) mass is 386 g/mol. The zero-order chi connectivity index (χ0) is 20.1. The molecule has 0 amide bonds. The number of fused-ring (bicyclic) bond motifs is 5. The van der Waals surface area contributed by atoms with E-state index in [0.717, 1.165) is 54.3 Å². The lowest BCUT2D eigenvalue weighted by Gasteiger charge is -2.56. The standard InChI is InChI=1S/C27H46O/c1-17(2)18(3)6-7-19(4)25-12-13-26-24-10-8-20-16-21(28)9-11-22(20)23(24)14-15-27(25,26)5/h17,19-26,28H,3,6-16H2,1-2,4-5H3/t19-,20+,21-,22+,23+,24+,25-,26-,27-/m1/s1. The average Bonchev–Trinajstić information content (AvgIpc) is 3.02. The van der Waals surface area contributed by atoms with Gasteiger partial charge in [-0.1, -0.05) is 39.8 Å². The normalized spacial score (nSPS) is 46.6. The van der Waals surface area contributed by atoms with Crippen molar-refractivity contribution >= 4 is 0 Å². The van der Waals surface area contributed by atoms with Crippen LogP contribution in [-0.2, 0) is 0 Å². The number of aliphatic hydroxyl groups is 1. The van der Waals surface area contributed by atoms with E-state index in [1.54, 1.807) is 0 Å². The highest BCUT2D eigenvalue weighted by molar-refractivity contribution is 5.07. The predicted octanol–water partition coefficient (Wildman–Crippen LogP) is 7.24. The first-order chi connectivity index (χ1) is 13.3. The number of allylic oxidation sites excluding steroid dienone is 1. The van der Waals surface area contributed by atoms with Gasteiger partial charge in [0.15, 0.2) is 0 Å². The van der Waals surface area contributed by atoms with Gasteiger partial charge in [0, 0.05) is 0 Å². The zero-order valence-electron chi connectivity index (χ0n) is 19.1.